The summed E-state index contributed by atoms with van der Waals surface area (Å²) in [6.45, 7) is 6.37. The van der Waals surface area contributed by atoms with Gasteiger partial charge in [0, 0.05) is 31.6 Å². The Morgan fingerprint density at radius 2 is 1.88 bits per heavy atom. The van der Waals surface area contributed by atoms with Crippen molar-refractivity contribution in [1.82, 2.24) is 9.80 Å². The van der Waals surface area contributed by atoms with Gasteiger partial charge in [0.05, 0.1) is 6.42 Å². The average Bonchev–Trinajstić information content (AvgIpc) is 2.18. The number of aliphatic carboxylic acids is 1. The van der Waals surface area contributed by atoms with Crippen LogP contribution in [-0.4, -0.2) is 59.0 Å². The highest BCUT2D eigenvalue weighted by molar-refractivity contribution is 5.80. The molecule has 1 rings (SSSR count). The molecule has 0 atom stereocenters. The van der Waals surface area contributed by atoms with Crippen LogP contribution in [0.4, 0.5) is 0 Å². The van der Waals surface area contributed by atoms with Crippen molar-refractivity contribution in [2.45, 2.75) is 32.2 Å². The van der Waals surface area contributed by atoms with E-state index in [1.807, 2.05) is 7.05 Å². The third-order valence-electron chi connectivity index (χ3n) is 3.22. The van der Waals surface area contributed by atoms with Crippen LogP contribution in [0.5, 0.6) is 0 Å². The lowest BCUT2D eigenvalue weighted by molar-refractivity contribution is -0.142. The van der Waals surface area contributed by atoms with Crippen molar-refractivity contribution < 1.29 is 14.7 Å². The summed E-state index contributed by atoms with van der Waals surface area (Å²) in [5.74, 6) is -0.967. The second-order valence-electron chi connectivity index (χ2n) is 4.94. The van der Waals surface area contributed by atoms with Gasteiger partial charge in [0.1, 0.15) is 0 Å². The fourth-order valence-corrected chi connectivity index (χ4v) is 1.83. The molecule has 1 aliphatic heterocycles. The topological polar surface area (TPSA) is 60.9 Å². The molecular formula is C11H20N2O3. The molecule has 1 N–H and O–H groups in total. The van der Waals surface area contributed by atoms with Crippen molar-refractivity contribution in [2.24, 2.45) is 0 Å². The van der Waals surface area contributed by atoms with Crippen LogP contribution < -0.4 is 0 Å². The van der Waals surface area contributed by atoms with Crippen LogP contribution in [0.3, 0.4) is 0 Å². The standard InChI is InChI=1S/C11H20N2O3/c1-11(2)8-13(7-6-12(11)3)9(14)4-5-10(15)16/h4-8H2,1-3H3,(H,15,16). The molecule has 16 heavy (non-hydrogen) atoms. The number of carbonyl (C=O) groups is 2. The summed E-state index contributed by atoms with van der Waals surface area (Å²) >= 11 is 0. The van der Waals surface area contributed by atoms with Gasteiger partial charge in [0.15, 0.2) is 0 Å². The Kier molecular flexibility index (Phi) is 3.91. The van der Waals surface area contributed by atoms with E-state index in [4.69, 9.17) is 5.11 Å². The van der Waals surface area contributed by atoms with Gasteiger partial charge in [-0.25, -0.2) is 0 Å². The van der Waals surface area contributed by atoms with Crippen molar-refractivity contribution in [1.29, 1.82) is 0 Å². The molecule has 0 aliphatic carbocycles. The smallest absolute Gasteiger partial charge is 0.303 e. The fraction of sp³-hybridized carbons (Fsp3) is 0.818. The van der Waals surface area contributed by atoms with E-state index in [-0.39, 0.29) is 24.3 Å². The maximum Gasteiger partial charge on any atom is 0.303 e. The lowest BCUT2D eigenvalue weighted by atomic mass is 9.99. The number of amides is 1. The summed E-state index contributed by atoms with van der Waals surface area (Å²) in [6.07, 6.45) is 0.0285. The van der Waals surface area contributed by atoms with Gasteiger partial charge in [-0.1, -0.05) is 0 Å². The van der Waals surface area contributed by atoms with E-state index >= 15 is 0 Å². The van der Waals surface area contributed by atoms with Crippen LogP contribution in [0, 0.1) is 0 Å². The van der Waals surface area contributed by atoms with E-state index < -0.39 is 5.97 Å². The van der Waals surface area contributed by atoms with Gasteiger partial charge in [0.25, 0.3) is 0 Å². The molecule has 5 heteroatoms. The summed E-state index contributed by atoms with van der Waals surface area (Å²) in [6, 6.07) is 0. The maximum absolute atomic E-state index is 11.7. The molecule has 0 radical (unpaired) electrons. The first-order valence-corrected chi connectivity index (χ1v) is 5.54. The first-order chi connectivity index (χ1) is 7.33. The van der Waals surface area contributed by atoms with Gasteiger partial charge in [-0.05, 0) is 20.9 Å². The molecule has 1 aliphatic rings. The van der Waals surface area contributed by atoms with Gasteiger partial charge in [0.2, 0.25) is 5.91 Å². The van der Waals surface area contributed by atoms with Crippen LogP contribution in [0.25, 0.3) is 0 Å². The van der Waals surface area contributed by atoms with Crippen LogP contribution in [0.1, 0.15) is 26.7 Å². The third kappa shape index (κ3) is 3.20. The second-order valence-corrected chi connectivity index (χ2v) is 4.94. The van der Waals surface area contributed by atoms with Crippen LogP contribution in [0.2, 0.25) is 0 Å². The van der Waals surface area contributed by atoms with E-state index in [1.165, 1.54) is 0 Å². The number of rotatable bonds is 3. The molecule has 0 spiro atoms. The van der Waals surface area contributed by atoms with Crippen molar-refractivity contribution in [2.75, 3.05) is 26.7 Å². The van der Waals surface area contributed by atoms with Gasteiger partial charge in [-0.2, -0.15) is 0 Å². The van der Waals surface area contributed by atoms with E-state index in [0.717, 1.165) is 6.54 Å². The van der Waals surface area contributed by atoms with E-state index in [2.05, 4.69) is 18.7 Å². The maximum atomic E-state index is 11.7. The highest BCUT2D eigenvalue weighted by atomic mass is 16.4. The number of piperazine rings is 1. The molecule has 1 fully saturated rings. The van der Waals surface area contributed by atoms with Crippen molar-refractivity contribution in [3.05, 3.63) is 0 Å². The molecule has 92 valence electrons. The Morgan fingerprint density at radius 1 is 1.25 bits per heavy atom. The monoisotopic (exact) mass is 228 g/mol. The predicted molar refractivity (Wildman–Crippen MR) is 60.2 cm³/mol. The molecule has 1 heterocycles. The molecule has 0 aromatic carbocycles. The molecule has 1 amide bonds. The lowest BCUT2D eigenvalue weighted by Crippen LogP contribution is -2.58. The van der Waals surface area contributed by atoms with Crippen molar-refractivity contribution in [3.8, 4) is 0 Å². The highest BCUT2D eigenvalue weighted by Gasteiger charge is 2.32. The van der Waals surface area contributed by atoms with E-state index in [0.29, 0.717) is 13.1 Å². The van der Waals surface area contributed by atoms with Gasteiger partial charge >= 0.3 is 5.97 Å². The summed E-state index contributed by atoms with van der Waals surface area (Å²) in [5, 5.41) is 8.53. The Bertz CT molecular complexity index is 289. The van der Waals surface area contributed by atoms with E-state index in [1.54, 1.807) is 4.90 Å². The van der Waals surface area contributed by atoms with Crippen LogP contribution in [-0.2, 0) is 9.59 Å². The van der Waals surface area contributed by atoms with Gasteiger partial charge in [-0.15, -0.1) is 0 Å². The van der Waals surface area contributed by atoms with Crippen molar-refractivity contribution >= 4 is 11.9 Å². The Balaban J connectivity index is 2.49. The summed E-state index contributed by atoms with van der Waals surface area (Å²) in [7, 11) is 2.04. The Morgan fingerprint density at radius 3 is 2.38 bits per heavy atom. The fourth-order valence-electron chi connectivity index (χ4n) is 1.83. The normalized spacial score (nSPS) is 20.8. The minimum Gasteiger partial charge on any atom is -0.481 e. The molecule has 0 bridgehead atoms. The minimum atomic E-state index is -0.915. The molecule has 5 nitrogen and oxygen atoms in total. The number of likely N-dealkylation sites (N-methyl/N-ethyl adjacent to an activating group) is 1. The molecule has 0 saturated carbocycles. The first kappa shape index (κ1) is 13.0. The molecular weight excluding hydrogens is 208 g/mol. The van der Waals surface area contributed by atoms with Gasteiger partial charge in [-0.3, -0.25) is 14.5 Å². The number of hydrogen-bond acceptors (Lipinski definition) is 3. The largest absolute Gasteiger partial charge is 0.481 e. The molecule has 0 aromatic heterocycles. The Labute approximate surface area is 96.0 Å². The van der Waals surface area contributed by atoms with Crippen LogP contribution >= 0.6 is 0 Å². The summed E-state index contributed by atoms with van der Waals surface area (Å²) in [4.78, 5) is 26.1. The SMILES string of the molecule is CN1CCN(C(=O)CCC(=O)O)CC1(C)C. The zero-order valence-electron chi connectivity index (χ0n) is 10.2. The Hall–Kier alpha value is -1.10. The third-order valence-corrected chi connectivity index (χ3v) is 3.22. The van der Waals surface area contributed by atoms with E-state index in [9.17, 15) is 9.59 Å². The first-order valence-electron chi connectivity index (χ1n) is 5.54. The van der Waals surface area contributed by atoms with Gasteiger partial charge < -0.3 is 10.0 Å². The van der Waals surface area contributed by atoms with Crippen molar-refractivity contribution in [3.63, 3.8) is 0 Å². The quantitative estimate of drug-likeness (QED) is 0.759. The average molecular weight is 228 g/mol. The molecule has 0 unspecified atom stereocenters. The predicted octanol–water partition coefficient (Wildman–Crippen LogP) is 0.404. The summed E-state index contributed by atoms with van der Waals surface area (Å²) < 4.78 is 0. The second kappa shape index (κ2) is 4.82. The molecule has 0 aromatic rings. The summed E-state index contributed by atoms with van der Waals surface area (Å²) in [5.41, 5.74) is -0.0306. The zero-order chi connectivity index (χ0) is 12.3. The van der Waals surface area contributed by atoms with Crippen LogP contribution in [0.15, 0.2) is 0 Å². The lowest BCUT2D eigenvalue weighted by Gasteiger charge is -2.45. The minimum absolute atomic E-state index is 0.0306. The zero-order valence-corrected chi connectivity index (χ0v) is 10.2. The number of nitrogens with zero attached hydrogens (tertiary/aromatic N) is 2. The molecule has 1 saturated heterocycles. The number of carbonyl (C=O) groups excluding carboxylic acids is 1. The highest BCUT2D eigenvalue weighted by Crippen LogP contribution is 2.19. The number of carboxylic acids is 1. The number of hydrogen-bond donors (Lipinski definition) is 1. The number of carboxylic acid groups (broad SMARTS) is 1.